The molecule has 0 spiro atoms. The van der Waals surface area contributed by atoms with E-state index in [9.17, 15) is 14.7 Å². The molecular weight excluding hydrogens is 318 g/mol. The van der Waals surface area contributed by atoms with Crippen molar-refractivity contribution < 1.29 is 14.7 Å². The van der Waals surface area contributed by atoms with E-state index in [2.05, 4.69) is 5.32 Å². The van der Waals surface area contributed by atoms with Gasteiger partial charge < -0.3 is 10.4 Å². The van der Waals surface area contributed by atoms with Crippen LogP contribution in [0.3, 0.4) is 0 Å². The second-order valence-electron chi connectivity index (χ2n) is 5.02. The molecule has 122 valence electrons. The molecule has 0 fully saturated rings. The van der Waals surface area contributed by atoms with E-state index in [1.165, 1.54) is 0 Å². The molecule has 4 nitrogen and oxygen atoms in total. The molecule has 2 N–H and O–H groups in total. The van der Waals surface area contributed by atoms with Crippen LogP contribution in [0.2, 0.25) is 0 Å². The van der Waals surface area contributed by atoms with Crippen LogP contribution in [0.15, 0.2) is 30.3 Å². The van der Waals surface area contributed by atoms with Crippen molar-refractivity contribution in [3.05, 3.63) is 35.9 Å². The van der Waals surface area contributed by atoms with Gasteiger partial charge in [0.15, 0.2) is 0 Å². The molecular formula is C16H23NO3S2. The van der Waals surface area contributed by atoms with Crippen LogP contribution in [0, 0.1) is 5.92 Å². The van der Waals surface area contributed by atoms with Crippen LogP contribution in [0.25, 0.3) is 0 Å². The lowest BCUT2D eigenvalue weighted by atomic mass is 9.99. The summed E-state index contributed by atoms with van der Waals surface area (Å²) in [5.74, 6) is 0.0314. The van der Waals surface area contributed by atoms with E-state index >= 15 is 0 Å². The Kier molecular flexibility index (Phi) is 9.08. The third-order valence-corrected chi connectivity index (χ3v) is 4.67. The Bertz CT molecular complexity index is 468. The van der Waals surface area contributed by atoms with Crippen LogP contribution in [-0.4, -0.2) is 47.0 Å². The molecule has 0 saturated carbocycles. The highest BCUT2D eigenvalue weighted by Gasteiger charge is 2.24. The fraction of sp³-hybridized carbons (Fsp3) is 0.500. The first-order valence-electron chi connectivity index (χ1n) is 7.13. The standard InChI is InChI=1S/C16H23NO3S2/c1-21-9-8-14(16(19)20)17-15(18)13(11-22-2)10-12-6-4-3-5-7-12/h3-7,13-14H,8-11H2,1-2H3,(H,17,18)(H,19,20)/t13-,14+/m1/s1. The second-order valence-corrected chi connectivity index (χ2v) is 6.92. The third kappa shape index (κ3) is 6.75. The van der Waals surface area contributed by atoms with Gasteiger partial charge in [0.1, 0.15) is 6.04 Å². The van der Waals surface area contributed by atoms with Crippen molar-refractivity contribution in [1.82, 2.24) is 5.32 Å². The maximum absolute atomic E-state index is 12.4. The number of aliphatic carboxylic acids is 1. The van der Waals surface area contributed by atoms with Gasteiger partial charge in [-0.2, -0.15) is 23.5 Å². The number of thioether (sulfide) groups is 2. The van der Waals surface area contributed by atoms with E-state index in [-0.39, 0.29) is 11.8 Å². The summed E-state index contributed by atoms with van der Waals surface area (Å²) in [6.45, 7) is 0. The quantitative estimate of drug-likeness (QED) is 0.684. The molecule has 0 heterocycles. The molecule has 2 atom stereocenters. The van der Waals surface area contributed by atoms with E-state index in [1.54, 1.807) is 23.5 Å². The lowest BCUT2D eigenvalue weighted by Gasteiger charge is -2.20. The van der Waals surface area contributed by atoms with Crippen LogP contribution in [0.5, 0.6) is 0 Å². The molecule has 1 aromatic rings. The number of hydrogen-bond acceptors (Lipinski definition) is 4. The molecule has 1 rings (SSSR count). The zero-order valence-electron chi connectivity index (χ0n) is 13.0. The smallest absolute Gasteiger partial charge is 0.326 e. The summed E-state index contributed by atoms with van der Waals surface area (Å²) in [5.41, 5.74) is 1.09. The molecule has 22 heavy (non-hydrogen) atoms. The second kappa shape index (κ2) is 10.6. The minimum atomic E-state index is -0.968. The van der Waals surface area contributed by atoms with E-state index < -0.39 is 12.0 Å². The highest BCUT2D eigenvalue weighted by Crippen LogP contribution is 2.14. The normalized spacial score (nSPS) is 13.4. The number of rotatable bonds is 10. The summed E-state index contributed by atoms with van der Waals surface area (Å²) < 4.78 is 0. The minimum Gasteiger partial charge on any atom is -0.480 e. The molecule has 0 unspecified atom stereocenters. The maximum Gasteiger partial charge on any atom is 0.326 e. The van der Waals surface area contributed by atoms with Crippen LogP contribution in [-0.2, 0) is 16.0 Å². The predicted octanol–water partition coefficient (Wildman–Crippen LogP) is 2.53. The lowest BCUT2D eigenvalue weighted by Crippen LogP contribution is -2.45. The number of carbonyl (C=O) groups excluding carboxylic acids is 1. The molecule has 0 aliphatic rings. The fourth-order valence-corrected chi connectivity index (χ4v) is 3.25. The summed E-state index contributed by atoms with van der Waals surface area (Å²) in [7, 11) is 0. The van der Waals surface area contributed by atoms with Crippen LogP contribution >= 0.6 is 23.5 Å². The minimum absolute atomic E-state index is 0.174. The Morgan fingerprint density at radius 3 is 2.41 bits per heavy atom. The first-order valence-corrected chi connectivity index (χ1v) is 9.92. The van der Waals surface area contributed by atoms with Gasteiger partial charge in [-0.25, -0.2) is 4.79 Å². The number of hydrogen-bond donors (Lipinski definition) is 2. The topological polar surface area (TPSA) is 66.4 Å². The van der Waals surface area contributed by atoms with Gasteiger partial charge in [-0.1, -0.05) is 30.3 Å². The zero-order valence-corrected chi connectivity index (χ0v) is 14.6. The predicted molar refractivity (Wildman–Crippen MR) is 94.6 cm³/mol. The van der Waals surface area contributed by atoms with Crippen molar-refractivity contribution >= 4 is 35.4 Å². The van der Waals surface area contributed by atoms with E-state index in [0.29, 0.717) is 24.3 Å². The molecule has 0 aromatic heterocycles. The first-order chi connectivity index (χ1) is 10.6. The Labute approximate surface area is 140 Å². The van der Waals surface area contributed by atoms with Crippen LogP contribution < -0.4 is 5.32 Å². The SMILES string of the molecule is CSCC[C@H](NC(=O)[C@@H](CSC)Cc1ccccc1)C(=O)O. The number of nitrogens with one attached hydrogen (secondary N) is 1. The van der Waals surface area contributed by atoms with Crippen molar-refractivity contribution in [3.63, 3.8) is 0 Å². The van der Waals surface area contributed by atoms with E-state index in [0.717, 1.165) is 5.56 Å². The first kappa shape index (κ1) is 18.9. The molecule has 6 heteroatoms. The average Bonchev–Trinajstić information content (AvgIpc) is 2.51. The van der Waals surface area contributed by atoms with E-state index in [4.69, 9.17) is 0 Å². The van der Waals surface area contributed by atoms with E-state index in [1.807, 2.05) is 42.8 Å². The van der Waals surface area contributed by atoms with Gasteiger partial charge in [0.2, 0.25) is 5.91 Å². The maximum atomic E-state index is 12.4. The summed E-state index contributed by atoms with van der Waals surface area (Å²) in [4.78, 5) is 23.7. The molecule has 0 radical (unpaired) electrons. The summed E-state index contributed by atoms with van der Waals surface area (Å²) in [6.07, 6.45) is 4.95. The molecule has 1 amide bonds. The number of carbonyl (C=O) groups is 2. The fourth-order valence-electron chi connectivity index (χ4n) is 2.11. The summed E-state index contributed by atoms with van der Waals surface area (Å²) in [5, 5.41) is 11.9. The molecule has 0 bridgehead atoms. The Balaban J connectivity index is 2.68. The van der Waals surface area contributed by atoms with Gasteiger partial charge >= 0.3 is 5.97 Å². The number of amides is 1. The highest BCUT2D eigenvalue weighted by molar-refractivity contribution is 7.98. The van der Waals surface area contributed by atoms with Gasteiger partial charge in [0.05, 0.1) is 5.92 Å². The average molecular weight is 341 g/mol. The van der Waals surface area contributed by atoms with Gasteiger partial charge in [-0.05, 0) is 36.7 Å². The number of carboxylic acids is 1. The van der Waals surface area contributed by atoms with Crippen molar-refractivity contribution in [2.75, 3.05) is 24.0 Å². The molecule has 1 aromatic carbocycles. The van der Waals surface area contributed by atoms with Crippen molar-refractivity contribution in [1.29, 1.82) is 0 Å². The van der Waals surface area contributed by atoms with Gasteiger partial charge in [-0.3, -0.25) is 4.79 Å². The highest BCUT2D eigenvalue weighted by atomic mass is 32.2. The Morgan fingerprint density at radius 1 is 1.18 bits per heavy atom. The summed E-state index contributed by atoms with van der Waals surface area (Å²) >= 11 is 3.18. The summed E-state index contributed by atoms with van der Waals surface area (Å²) in [6, 6.07) is 9.01. The third-order valence-electron chi connectivity index (χ3n) is 3.29. The lowest BCUT2D eigenvalue weighted by molar-refractivity contribution is -0.142. The molecule has 0 aliphatic heterocycles. The van der Waals surface area contributed by atoms with Crippen LogP contribution in [0.4, 0.5) is 0 Å². The van der Waals surface area contributed by atoms with Gasteiger partial charge in [0.25, 0.3) is 0 Å². The van der Waals surface area contributed by atoms with Gasteiger partial charge in [0, 0.05) is 5.75 Å². The van der Waals surface area contributed by atoms with Crippen molar-refractivity contribution in [2.24, 2.45) is 5.92 Å². The number of carboxylic acid groups (broad SMARTS) is 1. The zero-order chi connectivity index (χ0) is 16.4. The molecule has 0 aliphatic carbocycles. The van der Waals surface area contributed by atoms with Crippen LogP contribution in [0.1, 0.15) is 12.0 Å². The Hall–Kier alpha value is -1.14. The van der Waals surface area contributed by atoms with Crippen molar-refractivity contribution in [3.8, 4) is 0 Å². The molecule has 0 saturated heterocycles. The largest absolute Gasteiger partial charge is 0.480 e. The van der Waals surface area contributed by atoms with Crippen molar-refractivity contribution in [2.45, 2.75) is 18.9 Å². The monoisotopic (exact) mass is 341 g/mol. The number of benzene rings is 1. The Morgan fingerprint density at radius 2 is 1.86 bits per heavy atom. The van der Waals surface area contributed by atoms with Gasteiger partial charge in [-0.15, -0.1) is 0 Å².